The van der Waals surface area contributed by atoms with Crippen LogP contribution in [0.3, 0.4) is 0 Å². The van der Waals surface area contributed by atoms with E-state index in [1.54, 1.807) is 6.20 Å². The topological polar surface area (TPSA) is 64.5 Å². The molecule has 0 bridgehead atoms. The number of rotatable bonds is 1. The zero-order valence-electron chi connectivity index (χ0n) is 10.4. The number of para-hydroxylation sites is 2. The molecule has 5 nitrogen and oxygen atoms in total. The Morgan fingerprint density at radius 2 is 1.70 bits per heavy atom. The highest BCUT2D eigenvalue weighted by Crippen LogP contribution is 2.25. The third kappa shape index (κ3) is 1.68. The molecule has 2 aromatic heterocycles. The third-order valence-electron chi connectivity index (χ3n) is 3.13. The van der Waals surface area contributed by atoms with Crippen LogP contribution in [0, 0.1) is 6.20 Å². The molecule has 0 spiro atoms. The van der Waals surface area contributed by atoms with Crippen molar-refractivity contribution < 1.29 is 0 Å². The summed E-state index contributed by atoms with van der Waals surface area (Å²) in [5, 5.41) is 12.1. The molecule has 1 radical (unpaired) electrons. The summed E-state index contributed by atoms with van der Waals surface area (Å²) in [6.07, 6.45) is 4.63. The normalized spacial score (nSPS) is 11.0. The molecule has 4 aromatic rings. The van der Waals surface area contributed by atoms with Crippen molar-refractivity contribution in [2.24, 2.45) is 0 Å². The van der Waals surface area contributed by atoms with E-state index in [4.69, 9.17) is 0 Å². The average Bonchev–Trinajstić information content (AvgIpc) is 2.54. The van der Waals surface area contributed by atoms with Gasteiger partial charge in [0.1, 0.15) is 6.20 Å². The Labute approximate surface area is 114 Å². The first-order chi connectivity index (χ1) is 9.92. The van der Waals surface area contributed by atoms with E-state index in [-0.39, 0.29) is 0 Å². The molecule has 0 unspecified atom stereocenters. The summed E-state index contributed by atoms with van der Waals surface area (Å²) in [7, 11) is 0. The van der Waals surface area contributed by atoms with Gasteiger partial charge in [-0.2, -0.15) is 0 Å². The molecule has 0 aliphatic rings. The lowest BCUT2D eigenvalue weighted by molar-refractivity contribution is 0.891. The maximum atomic E-state index is 4.64. The van der Waals surface area contributed by atoms with Crippen molar-refractivity contribution >= 4 is 21.9 Å². The monoisotopic (exact) mass is 258 g/mol. The summed E-state index contributed by atoms with van der Waals surface area (Å²) < 4.78 is 0. The van der Waals surface area contributed by atoms with Crippen molar-refractivity contribution in [3.63, 3.8) is 0 Å². The minimum Gasteiger partial charge on any atom is -0.252 e. The molecule has 4 rings (SSSR count). The van der Waals surface area contributed by atoms with Crippen LogP contribution >= 0.6 is 0 Å². The molecular formula is C15H8N5. The number of hydrogen-bond donors (Lipinski definition) is 0. The largest absolute Gasteiger partial charge is 0.252 e. The van der Waals surface area contributed by atoms with Crippen LogP contribution in [-0.4, -0.2) is 25.4 Å². The van der Waals surface area contributed by atoms with E-state index in [1.165, 1.54) is 0 Å². The van der Waals surface area contributed by atoms with Gasteiger partial charge < -0.3 is 0 Å². The van der Waals surface area contributed by atoms with Gasteiger partial charge in [0, 0.05) is 10.9 Å². The van der Waals surface area contributed by atoms with E-state index in [0.29, 0.717) is 0 Å². The lowest BCUT2D eigenvalue weighted by Gasteiger charge is -2.04. The molecule has 0 fully saturated rings. The second-order valence-corrected chi connectivity index (χ2v) is 4.34. The van der Waals surface area contributed by atoms with Crippen LogP contribution < -0.4 is 0 Å². The molecule has 0 aliphatic carbocycles. The number of benzene rings is 2. The first-order valence-corrected chi connectivity index (χ1v) is 6.14. The summed E-state index contributed by atoms with van der Waals surface area (Å²) in [5.41, 5.74) is 4.16. The molecule has 0 atom stereocenters. The number of nitrogens with zero attached hydrogens (tertiary/aromatic N) is 5. The highest BCUT2D eigenvalue weighted by Gasteiger charge is 2.08. The summed E-state index contributed by atoms with van der Waals surface area (Å²) in [4.78, 5) is 9.07. The van der Waals surface area contributed by atoms with Crippen LogP contribution in [0.25, 0.3) is 33.2 Å². The SMILES string of the molecule is [c]1nnnc2cccc(-c3cnc4ccccc4n3)c12. The van der Waals surface area contributed by atoms with E-state index in [2.05, 4.69) is 31.6 Å². The van der Waals surface area contributed by atoms with Gasteiger partial charge in [0.05, 0.1) is 28.4 Å². The Morgan fingerprint density at radius 3 is 2.65 bits per heavy atom. The van der Waals surface area contributed by atoms with Gasteiger partial charge in [0.15, 0.2) is 0 Å². The second-order valence-electron chi connectivity index (χ2n) is 4.34. The molecule has 0 saturated heterocycles. The Bertz CT molecular complexity index is 914. The molecule has 2 aromatic carbocycles. The molecule has 0 aliphatic heterocycles. The maximum Gasteiger partial charge on any atom is 0.126 e. The van der Waals surface area contributed by atoms with Gasteiger partial charge >= 0.3 is 0 Å². The first kappa shape index (κ1) is 10.9. The Hall–Kier alpha value is -2.95. The van der Waals surface area contributed by atoms with Gasteiger partial charge in [-0.1, -0.05) is 24.3 Å². The van der Waals surface area contributed by atoms with Crippen molar-refractivity contribution in [2.75, 3.05) is 0 Å². The Kier molecular flexibility index (Phi) is 2.35. The van der Waals surface area contributed by atoms with Crippen LogP contribution in [0.15, 0.2) is 48.7 Å². The number of hydrogen-bond acceptors (Lipinski definition) is 5. The fourth-order valence-electron chi connectivity index (χ4n) is 2.18. The van der Waals surface area contributed by atoms with Gasteiger partial charge in [-0.3, -0.25) is 4.98 Å². The molecule has 0 saturated carbocycles. The van der Waals surface area contributed by atoms with Crippen molar-refractivity contribution in [1.82, 2.24) is 25.4 Å². The van der Waals surface area contributed by atoms with Gasteiger partial charge in [-0.05, 0) is 23.4 Å². The maximum absolute atomic E-state index is 4.64. The minimum absolute atomic E-state index is 0.743. The zero-order chi connectivity index (χ0) is 13.4. The number of aromatic nitrogens is 5. The summed E-state index contributed by atoms with van der Waals surface area (Å²) >= 11 is 0. The summed E-state index contributed by atoms with van der Waals surface area (Å²) in [6.45, 7) is 0. The van der Waals surface area contributed by atoms with E-state index in [1.807, 2.05) is 42.5 Å². The van der Waals surface area contributed by atoms with Crippen LogP contribution in [0.4, 0.5) is 0 Å². The predicted molar refractivity (Wildman–Crippen MR) is 74.7 cm³/mol. The lowest BCUT2D eigenvalue weighted by atomic mass is 10.1. The third-order valence-corrected chi connectivity index (χ3v) is 3.13. The Balaban J connectivity index is 2.01. The fourth-order valence-corrected chi connectivity index (χ4v) is 2.18. The molecule has 0 N–H and O–H groups in total. The minimum atomic E-state index is 0.743. The highest BCUT2D eigenvalue weighted by molar-refractivity contribution is 5.93. The zero-order valence-corrected chi connectivity index (χ0v) is 10.4. The van der Waals surface area contributed by atoms with Crippen molar-refractivity contribution in [3.8, 4) is 11.3 Å². The molecule has 20 heavy (non-hydrogen) atoms. The lowest BCUT2D eigenvalue weighted by Crippen LogP contribution is -1.93. The van der Waals surface area contributed by atoms with Crippen molar-refractivity contribution in [3.05, 3.63) is 54.9 Å². The fraction of sp³-hybridized carbons (Fsp3) is 0. The summed E-state index contributed by atoms with van der Waals surface area (Å²) in [5.74, 6) is 0. The van der Waals surface area contributed by atoms with Crippen LogP contribution in [0.2, 0.25) is 0 Å². The van der Waals surface area contributed by atoms with E-state index in [0.717, 1.165) is 33.2 Å². The van der Waals surface area contributed by atoms with E-state index in [9.17, 15) is 0 Å². The average molecular weight is 258 g/mol. The highest BCUT2D eigenvalue weighted by atomic mass is 15.3. The molecule has 2 heterocycles. The second kappa shape index (κ2) is 4.31. The van der Waals surface area contributed by atoms with E-state index >= 15 is 0 Å². The van der Waals surface area contributed by atoms with Gasteiger partial charge in [-0.15, -0.1) is 10.2 Å². The first-order valence-electron chi connectivity index (χ1n) is 6.14. The van der Waals surface area contributed by atoms with Crippen LogP contribution in [0.1, 0.15) is 0 Å². The smallest absolute Gasteiger partial charge is 0.126 e. The van der Waals surface area contributed by atoms with Crippen LogP contribution in [-0.2, 0) is 0 Å². The van der Waals surface area contributed by atoms with Gasteiger partial charge in [0.25, 0.3) is 0 Å². The molecule has 0 amide bonds. The van der Waals surface area contributed by atoms with Gasteiger partial charge in [0.2, 0.25) is 0 Å². The molecule has 93 valence electrons. The standard InChI is InChI=1S/C15H8N5/c1-2-6-14-13(5-1)16-9-15(18-14)10-4-3-7-12-11(10)8-17-20-19-12/h1-7,9H. The quantitative estimate of drug-likeness (QED) is 0.524. The number of fused-ring (bicyclic) bond motifs is 2. The molecular weight excluding hydrogens is 250 g/mol. The predicted octanol–water partition coefficient (Wildman–Crippen LogP) is 2.44. The van der Waals surface area contributed by atoms with Gasteiger partial charge in [-0.25, -0.2) is 4.98 Å². The van der Waals surface area contributed by atoms with Crippen molar-refractivity contribution in [2.45, 2.75) is 0 Å². The van der Waals surface area contributed by atoms with E-state index < -0.39 is 0 Å². The van der Waals surface area contributed by atoms with Crippen LogP contribution in [0.5, 0.6) is 0 Å². The Morgan fingerprint density at radius 1 is 0.850 bits per heavy atom. The molecule has 5 heteroatoms. The van der Waals surface area contributed by atoms with Crippen molar-refractivity contribution in [1.29, 1.82) is 0 Å². The summed E-state index contributed by atoms with van der Waals surface area (Å²) in [6, 6.07) is 13.5.